The number of thiazole rings is 1. The summed E-state index contributed by atoms with van der Waals surface area (Å²) in [6.07, 6.45) is 5.63. The molecule has 6 heteroatoms. The Morgan fingerprint density at radius 2 is 2.32 bits per heavy atom. The third kappa shape index (κ3) is 2.58. The van der Waals surface area contributed by atoms with Gasteiger partial charge in [-0.3, -0.25) is 15.1 Å². The Bertz CT molecular complexity index is 606. The molecule has 3 rings (SSSR count). The van der Waals surface area contributed by atoms with Crippen molar-refractivity contribution >= 4 is 28.1 Å². The van der Waals surface area contributed by atoms with Gasteiger partial charge in [0.1, 0.15) is 0 Å². The van der Waals surface area contributed by atoms with Gasteiger partial charge in [0.25, 0.3) is 5.91 Å². The van der Waals surface area contributed by atoms with Gasteiger partial charge in [0, 0.05) is 36.4 Å². The predicted molar refractivity (Wildman–Crippen MR) is 75.8 cm³/mol. The van der Waals surface area contributed by atoms with Crippen LogP contribution in [0.2, 0.25) is 0 Å². The van der Waals surface area contributed by atoms with Crippen molar-refractivity contribution in [2.45, 2.75) is 18.8 Å². The van der Waals surface area contributed by atoms with Crippen LogP contribution in [0.15, 0.2) is 23.8 Å². The van der Waals surface area contributed by atoms with Crippen LogP contribution in [0.4, 0.5) is 10.8 Å². The molecule has 0 unspecified atom stereocenters. The maximum absolute atomic E-state index is 12.2. The highest BCUT2D eigenvalue weighted by Crippen LogP contribution is 2.40. The molecule has 0 spiro atoms. The van der Waals surface area contributed by atoms with Crippen LogP contribution in [0.3, 0.4) is 0 Å². The van der Waals surface area contributed by atoms with Crippen molar-refractivity contribution in [2.24, 2.45) is 0 Å². The van der Waals surface area contributed by atoms with E-state index in [1.807, 2.05) is 5.38 Å². The van der Waals surface area contributed by atoms with E-state index < -0.39 is 0 Å². The number of pyridine rings is 1. The standard InChI is InChI=1S/C13H14N4OS/c1-14-10-4-5-15-6-9(10)12(18)17-13-16-11(7-19-13)8-2-3-8/h4-8H,2-3H2,1H3,(H,14,15)(H,16,17,18). The molecule has 0 atom stereocenters. The molecule has 0 aromatic carbocycles. The zero-order chi connectivity index (χ0) is 13.2. The Morgan fingerprint density at radius 3 is 3.05 bits per heavy atom. The highest BCUT2D eigenvalue weighted by Gasteiger charge is 2.26. The molecule has 2 aromatic heterocycles. The molecular weight excluding hydrogens is 260 g/mol. The van der Waals surface area contributed by atoms with Gasteiger partial charge >= 0.3 is 0 Å². The van der Waals surface area contributed by atoms with Crippen LogP contribution < -0.4 is 10.6 Å². The van der Waals surface area contributed by atoms with Crippen molar-refractivity contribution in [1.82, 2.24) is 9.97 Å². The monoisotopic (exact) mass is 274 g/mol. The minimum Gasteiger partial charge on any atom is -0.387 e. The summed E-state index contributed by atoms with van der Waals surface area (Å²) in [6, 6.07) is 1.77. The fourth-order valence-electron chi connectivity index (χ4n) is 1.87. The van der Waals surface area contributed by atoms with Crippen LogP contribution in [0.5, 0.6) is 0 Å². The Labute approximate surface area is 115 Å². The van der Waals surface area contributed by atoms with Crippen LogP contribution >= 0.6 is 11.3 Å². The van der Waals surface area contributed by atoms with Gasteiger partial charge in [0.15, 0.2) is 5.13 Å². The minimum absolute atomic E-state index is 0.186. The van der Waals surface area contributed by atoms with Gasteiger partial charge < -0.3 is 5.32 Å². The van der Waals surface area contributed by atoms with E-state index >= 15 is 0 Å². The average Bonchev–Trinajstić information content (AvgIpc) is 3.19. The first-order valence-corrected chi connectivity index (χ1v) is 7.04. The maximum atomic E-state index is 12.2. The molecule has 1 aliphatic carbocycles. The molecule has 1 fully saturated rings. The fourth-order valence-corrected chi connectivity index (χ4v) is 2.66. The van der Waals surface area contributed by atoms with Crippen molar-refractivity contribution in [3.63, 3.8) is 0 Å². The normalized spacial score (nSPS) is 14.2. The third-order valence-electron chi connectivity index (χ3n) is 3.07. The summed E-state index contributed by atoms with van der Waals surface area (Å²) in [5.41, 5.74) is 2.37. The summed E-state index contributed by atoms with van der Waals surface area (Å²) in [7, 11) is 1.78. The topological polar surface area (TPSA) is 66.9 Å². The summed E-state index contributed by atoms with van der Waals surface area (Å²) < 4.78 is 0. The molecule has 1 aliphatic rings. The van der Waals surface area contributed by atoms with E-state index in [1.165, 1.54) is 24.2 Å². The summed E-state index contributed by atoms with van der Waals surface area (Å²) in [6.45, 7) is 0. The number of amides is 1. The molecule has 1 amide bonds. The third-order valence-corrected chi connectivity index (χ3v) is 3.85. The lowest BCUT2D eigenvalue weighted by molar-refractivity contribution is 0.102. The van der Waals surface area contributed by atoms with E-state index in [-0.39, 0.29) is 5.91 Å². The van der Waals surface area contributed by atoms with Crippen LogP contribution in [0.1, 0.15) is 34.8 Å². The van der Waals surface area contributed by atoms with Gasteiger partial charge in [0.05, 0.1) is 11.3 Å². The van der Waals surface area contributed by atoms with Crippen molar-refractivity contribution in [3.8, 4) is 0 Å². The summed E-state index contributed by atoms with van der Waals surface area (Å²) in [4.78, 5) is 20.6. The fraction of sp³-hybridized carbons (Fsp3) is 0.308. The molecule has 1 saturated carbocycles. The van der Waals surface area contributed by atoms with Gasteiger partial charge in [-0.05, 0) is 18.9 Å². The molecule has 0 saturated heterocycles. The number of hydrogen-bond donors (Lipinski definition) is 2. The number of anilines is 2. The molecule has 0 aliphatic heterocycles. The lowest BCUT2D eigenvalue weighted by Crippen LogP contribution is -2.14. The first kappa shape index (κ1) is 12.1. The van der Waals surface area contributed by atoms with Gasteiger partial charge in [-0.15, -0.1) is 11.3 Å². The first-order valence-electron chi connectivity index (χ1n) is 6.16. The van der Waals surface area contributed by atoms with Gasteiger partial charge in [-0.25, -0.2) is 4.98 Å². The molecule has 98 valence electrons. The van der Waals surface area contributed by atoms with Crippen molar-refractivity contribution in [3.05, 3.63) is 35.1 Å². The highest BCUT2D eigenvalue weighted by molar-refractivity contribution is 7.14. The van der Waals surface area contributed by atoms with Crippen LogP contribution in [-0.4, -0.2) is 22.9 Å². The maximum Gasteiger partial charge on any atom is 0.261 e. The Kier molecular flexibility index (Phi) is 3.16. The molecule has 19 heavy (non-hydrogen) atoms. The summed E-state index contributed by atoms with van der Waals surface area (Å²) in [5.74, 6) is 0.419. The van der Waals surface area contributed by atoms with E-state index in [0.717, 1.165) is 11.4 Å². The van der Waals surface area contributed by atoms with E-state index in [1.54, 1.807) is 25.5 Å². The summed E-state index contributed by atoms with van der Waals surface area (Å²) >= 11 is 1.47. The molecule has 2 aromatic rings. The van der Waals surface area contributed by atoms with E-state index in [2.05, 4.69) is 20.6 Å². The number of carbonyl (C=O) groups excluding carboxylic acids is 1. The lowest BCUT2D eigenvalue weighted by Gasteiger charge is -2.07. The second-order valence-electron chi connectivity index (χ2n) is 4.48. The van der Waals surface area contributed by atoms with Crippen molar-refractivity contribution in [1.29, 1.82) is 0 Å². The molecule has 0 bridgehead atoms. The van der Waals surface area contributed by atoms with Crippen LogP contribution in [-0.2, 0) is 0 Å². The zero-order valence-corrected chi connectivity index (χ0v) is 11.3. The van der Waals surface area contributed by atoms with Gasteiger partial charge in [-0.2, -0.15) is 0 Å². The van der Waals surface area contributed by atoms with Crippen molar-refractivity contribution < 1.29 is 4.79 Å². The highest BCUT2D eigenvalue weighted by atomic mass is 32.1. The van der Waals surface area contributed by atoms with Crippen LogP contribution in [0.25, 0.3) is 0 Å². The SMILES string of the molecule is CNc1ccncc1C(=O)Nc1nc(C2CC2)cs1. The molecule has 5 nitrogen and oxygen atoms in total. The number of nitrogens with zero attached hydrogens (tertiary/aromatic N) is 2. The second kappa shape index (κ2) is 4.97. The molecule has 2 N–H and O–H groups in total. The van der Waals surface area contributed by atoms with Gasteiger partial charge in [-0.1, -0.05) is 0 Å². The molecular formula is C13H14N4OS. The average molecular weight is 274 g/mol. The van der Waals surface area contributed by atoms with Crippen molar-refractivity contribution in [2.75, 3.05) is 17.7 Å². The number of hydrogen-bond acceptors (Lipinski definition) is 5. The smallest absolute Gasteiger partial charge is 0.261 e. The van der Waals surface area contributed by atoms with Crippen LogP contribution in [0, 0.1) is 0 Å². The Morgan fingerprint density at radius 1 is 1.47 bits per heavy atom. The number of nitrogens with one attached hydrogen (secondary N) is 2. The van der Waals surface area contributed by atoms with E-state index in [4.69, 9.17) is 0 Å². The van der Waals surface area contributed by atoms with Gasteiger partial charge in [0.2, 0.25) is 0 Å². The Balaban J connectivity index is 1.76. The zero-order valence-electron chi connectivity index (χ0n) is 10.5. The predicted octanol–water partition coefficient (Wildman–Crippen LogP) is 2.71. The number of aromatic nitrogens is 2. The first-order chi connectivity index (χ1) is 9.28. The largest absolute Gasteiger partial charge is 0.387 e. The molecule has 2 heterocycles. The number of rotatable bonds is 4. The Hall–Kier alpha value is -1.95. The molecule has 0 radical (unpaired) electrons. The van der Waals surface area contributed by atoms with E-state index in [9.17, 15) is 4.79 Å². The minimum atomic E-state index is -0.186. The number of carbonyl (C=O) groups is 1. The quantitative estimate of drug-likeness (QED) is 0.899. The lowest BCUT2D eigenvalue weighted by atomic mass is 10.2. The van der Waals surface area contributed by atoms with E-state index in [0.29, 0.717) is 16.6 Å². The summed E-state index contributed by atoms with van der Waals surface area (Å²) in [5, 5.41) is 8.48. The second-order valence-corrected chi connectivity index (χ2v) is 5.34.